The number of carbonyl (C=O) groups is 1. The van der Waals surface area contributed by atoms with E-state index in [9.17, 15) is 13.2 Å². The maximum absolute atomic E-state index is 11.9. The fraction of sp³-hybridized carbons (Fsp3) is 0.118. The maximum Gasteiger partial charge on any atom is 0.248 e. The van der Waals surface area contributed by atoms with Gasteiger partial charge in [0.1, 0.15) is 0 Å². The number of rotatable bonds is 4. The van der Waals surface area contributed by atoms with Gasteiger partial charge < -0.3 is 5.32 Å². The lowest BCUT2D eigenvalue weighted by molar-refractivity contribution is -0.111. The Hall–Kier alpha value is -2.44. The predicted molar refractivity (Wildman–Crippen MR) is 91.4 cm³/mol. The van der Waals surface area contributed by atoms with Crippen LogP contribution >= 0.6 is 0 Å². The summed E-state index contributed by atoms with van der Waals surface area (Å²) in [7, 11) is -3.80. The summed E-state index contributed by atoms with van der Waals surface area (Å²) in [5.41, 5.74) is 3.55. The predicted octanol–water partition coefficient (Wildman–Crippen LogP) is 2.60. The van der Waals surface area contributed by atoms with Gasteiger partial charge in [-0.1, -0.05) is 29.8 Å². The van der Waals surface area contributed by atoms with Crippen molar-refractivity contribution >= 4 is 27.7 Å². The highest BCUT2D eigenvalue weighted by molar-refractivity contribution is 7.89. The summed E-state index contributed by atoms with van der Waals surface area (Å²) in [6.07, 6.45) is 3.12. The van der Waals surface area contributed by atoms with Crippen LogP contribution in [-0.2, 0) is 14.8 Å². The van der Waals surface area contributed by atoms with E-state index in [4.69, 9.17) is 5.14 Å². The van der Waals surface area contributed by atoms with Gasteiger partial charge in [-0.05, 0) is 49.2 Å². The van der Waals surface area contributed by atoms with Crippen LogP contribution < -0.4 is 10.5 Å². The Morgan fingerprint density at radius 3 is 2.52 bits per heavy atom. The minimum Gasteiger partial charge on any atom is -0.322 e. The summed E-state index contributed by atoms with van der Waals surface area (Å²) >= 11 is 0. The minimum atomic E-state index is -3.80. The fourth-order valence-electron chi connectivity index (χ4n) is 2.11. The molecule has 2 rings (SSSR count). The molecule has 0 atom stereocenters. The number of amides is 1. The highest BCUT2D eigenvalue weighted by Crippen LogP contribution is 2.15. The molecule has 1 amide bonds. The molecule has 0 saturated heterocycles. The molecule has 23 heavy (non-hydrogen) atoms. The van der Waals surface area contributed by atoms with E-state index >= 15 is 0 Å². The zero-order valence-electron chi connectivity index (χ0n) is 12.9. The topological polar surface area (TPSA) is 89.3 Å². The van der Waals surface area contributed by atoms with Crippen molar-refractivity contribution in [2.24, 2.45) is 5.14 Å². The summed E-state index contributed by atoms with van der Waals surface area (Å²) in [6, 6.07) is 11.7. The number of hydrogen-bond acceptors (Lipinski definition) is 3. The van der Waals surface area contributed by atoms with E-state index in [1.165, 1.54) is 24.3 Å². The van der Waals surface area contributed by atoms with Crippen LogP contribution in [0, 0.1) is 13.8 Å². The third-order valence-electron chi connectivity index (χ3n) is 3.27. The molecule has 0 aliphatic carbocycles. The Labute approximate surface area is 135 Å². The molecular weight excluding hydrogens is 312 g/mol. The molecule has 2 aromatic carbocycles. The first-order valence-corrected chi connectivity index (χ1v) is 8.49. The molecule has 0 aliphatic rings. The number of sulfonamides is 1. The lowest BCUT2D eigenvalue weighted by atomic mass is 10.1. The molecule has 6 heteroatoms. The maximum atomic E-state index is 11.9. The number of nitrogens with one attached hydrogen (secondary N) is 1. The van der Waals surface area contributed by atoms with Crippen molar-refractivity contribution < 1.29 is 13.2 Å². The molecule has 0 saturated carbocycles. The molecule has 0 aromatic heterocycles. The molecule has 0 radical (unpaired) electrons. The molecule has 0 spiro atoms. The molecule has 0 heterocycles. The van der Waals surface area contributed by atoms with Crippen LogP contribution in [0.5, 0.6) is 0 Å². The van der Waals surface area contributed by atoms with E-state index in [0.29, 0.717) is 5.69 Å². The van der Waals surface area contributed by atoms with E-state index in [0.717, 1.165) is 16.7 Å². The zero-order chi connectivity index (χ0) is 17.0. The smallest absolute Gasteiger partial charge is 0.248 e. The van der Waals surface area contributed by atoms with Crippen molar-refractivity contribution in [2.45, 2.75) is 18.7 Å². The van der Waals surface area contributed by atoms with Crippen molar-refractivity contribution in [1.29, 1.82) is 0 Å². The summed E-state index contributed by atoms with van der Waals surface area (Å²) in [6.45, 7) is 3.98. The summed E-state index contributed by atoms with van der Waals surface area (Å²) < 4.78 is 22.6. The van der Waals surface area contributed by atoms with Gasteiger partial charge in [0.2, 0.25) is 15.9 Å². The fourth-order valence-corrected chi connectivity index (χ4v) is 2.67. The first kappa shape index (κ1) is 16.9. The van der Waals surface area contributed by atoms with E-state index in [1.54, 1.807) is 12.1 Å². The Morgan fingerprint density at radius 1 is 1.13 bits per heavy atom. The second-order valence-corrected chi connectivity index (χ2v) is 6.82. The average Bonchev–Trinajstić information content (AvgIpc) is 2.45. The van der Waals surface area contributed by atoms with Gasteiger partial charge in [-0.3, -0.25) is 4.79 Å². The summed E-state index contributed by atoms with van der Waals surface area (Å²) in [5.74, 6) is -0.350. The molecule has 5 nitrogen and oxygen atoms in total. The molecule has 2 aromatic rings. The van der Waals surface area contributed by atoms with Crippen LogP contribution in [0.25, 0.3) is 6.08 Å². The van der Waals surface area contributed by atoms with E-state index < -0.39 is 10.0 Å². The quantitative estimate of drug-likeness (QED) is 0.844. The number of benzene rings is 2. The summed E-state index contributed by atoms with van der Waals surface area (Å²) in [4.78, 5) is 11.9. The van der Waals surface area contributed by atoms with Crippen molar-refractivity contribution in [1.82, 2.24) is 0 Å². The largest absolute Gasteiger partial charge is 0.322 e. The summed E-state index contributed by atoms with van der Waals surface area (Å²) in [5, 5.41) is 7.68. The monoisotopic (exact) mass is 330 g/mol. The standard InChI is InChI=1S/C17H18N2O3S/c1-12-6-7-14(13(2)10-12)8-9-17(20)19-15-4-3-5-16(11-15)23(18,21)22/h3-11H,1-2H3,(H,19,20)(H2,18,21,22). The second kappa shape index (κ2) is 6.76. The molecule has 0 aliphatic heterocycles. The molecule has 0 fully saturated rings. The minimum absolute atomic E-state index is 0.0475. The highest BCUT2D eigenvalue weighted by Gasteiger charge is 2.08. The lowest BCUT2D eigenvalue weighted by Gasteiger charge is -2.05. The van der Waals surface area contributed by atoms with E-state index in [-0.39, 0.29) is 10.8 Å². The molecule has 0 unspecified atom stereocenters. The van der Waals surface area contributed by atoms with Crippen molar-refractivity contribution in [3.63, 3.8) is 0 Å². The Kier molecular flexibility index (Phi) is 4.98. The highest BCUT2D eigenvalue weighted by atomic mass is 32.2. The Balaban J connectivity index is 2.12. The Bertz CT molecular complexity index is 871. The third-order valence-corrected chi connectivity index (χ3v) is 4.18. The van der Waals surface area contributed by atoms with Crippen LogP contribution in [0.4, 0.5) is 5.69 Å². The first-order chi connectivity index (χ1) is 10.8. The van der Waals surface area contributed by atoms with Gasteiger partial charge in [0.15, 0.2) is 0 Å². The molecule has 120 valence electrons. The number of nitrogens with two attached hydrogens (primary N) is 1. The normalized spacial score (nSPS) is 11.6. The molecule has 3 N–H and O–H groups in total. The van der Waals surface area contributed by atoms with Gasteiger partial charge in [0.05, 0.1) is 4.90 Å². The number of anilines is 1. The SMILES string of the molecule is Cc1ccc(C=CC(=O)Nc2cccc(S(N)(=O)=O)c2)c(C)c1. The van der Waals surface area contributed by atoms with E-state index in [2.05, 4.69) is 5.32 Å². The van der Waals surface area contributed by atoms with E-state index in [1.807, 2.05) is 32.0 Å². The van der Waals surface area contributed by atoms with Gasteiger partial charge in [0.25, 0.3) is 0 Å². The van der Waals surface area contributed by atoms with Crippen molar-refractivity contribution in [3.05, 3.63) is 65.2 Å². The zero-order valence-corrected chi connectivity index (χ0v) is 13.7. The first-order valence-electron chi connectivity index (χ1n) is 6.95. The molecule has 0 bridgehead atoms. The number of carbonyl (C=O) groups excluding carboxylic acids is 1. The van der Waals surface area contributed by atoms with Crippen LogP contribution in [0.1, 0.15) is 16.7 Å². The van der Waals surface area contributed by atoms with Gasteiger partial charge in [-0.2, -0.15) is 0 Å². The van der Waals surface area contributed by atoms with Gasteiger partial charge >= 0.3 is 0 Å². The van der Waals surface area contributed by atoms with Gasteiger partial charge in [0, 0.05) is 11.8 Å². The van der Waals surface area contributed by atoms with Crippen LogP contribution in [0.15, 0.2) is 53.4 Å². The average molecular weight is 330 g/mol. The second-order valence-electron chi connectivity index (χ2n) is 5.26. The van der Waals surface area contributed by atoms with Crippen molar-refractivity contribution in [3.8, 4) is 0 Å². The number of hydrogen-bond donors (Lipinski definition) is 2. The van der Waals surface area contributed by atoms with Crippen LogP contribution in [0.3, 0.4) is 0 Å². The number of aryl methyl sites for hydroxylation is 2. The third kappa shape index (κ3) is 4.77. The van der Waals surface area contributed by atoms with Crippen LogP contribution in [0.2, 0.25) is 0 Å². The lowest BCUT2D eigenvalue weighted by Crippen LogP contribution is -2.13. The Morgan fingerprint density at radius 2 is 1.87 bits per heavy atom. The molecular formula is C17H18N2O3S. The van der Waals surface area contributed by atoms with Crippen molar-refractivity contribution in [2.75, 3.05) is 5.32 Å². The van der Waals surface area contributed by atoms with Gasteiger partial charge in [-0.15, -0.1) is 0 Å². The number of primary sulfonamides is 1. The van der Waals surface area contributed by atoms with Crippen LogP contribution in [-0.4, -0.2) is 14.3 Å². The van der Waals surface area contributed by atoms with Gasteiger partial charge in [-0.25, -0.2) is 13.6 Å².